The van der Waals surface area contributed by atoms with Crippen LogP contribution in [-0.2, 0) is 16.8 Å². The second-order valence-corrected chi connectivity index (χ2v) is 14.7. The molecule has 0 spiro atoms. The summed E-state index contributed by atoms with van der Waals surface area (Å²) in [4.78, 5) is 2.58. The van der Waals surface area contributed by atoms with Gasteiger partial charge >= 0.3 is 0 Å². The molecule has 6 heteroatoms. The van der Waals surface area contributed by atoms with Gasteiger partial charge in [-0.1, -0.05) is 116 Å². The summed E-state index contributed by atoms with van der Waals surface area (Å²) >= 11 is 20.7. The fourth-order valence-electron chi connectivity index (χ4n) is 8.23. The molecule has 0 N–H and O–H groups in total. The van der Waals surface area contributed by atoms with Crippen LogP contribution in [0.1, 0.15) is 64.4 Å². The zero-order valence-corrected chi connectivity index (χ0v) is 29.9. The van der Waals surface area contributed by atoms with Crippen LogP contribution in [0, 0.1) is 0 Å². The van der Waals surface area contributed by atoms with E-state index in [0.29, 0.717) is 0 Å². The average molecular weight is 696 g/mol. The van der Waals surface area contributed by atoms with E-state index < -0.39 is 5.54 Å². The molecular formula is C42H41Cl3N2O. The molecule has 0 radical (unpaired) electrons. The Morgan fingerprint density at radius 2 is 1.52 bits per heavy atom. The molecule has 3 heterocycles. The first-order chi connectivity index (χ1) is 23.5. The van der Waals surface area contributed by atoms with Gasteiger partial charge in [-0.2, -0.15) is 0 Å². The van der Waals surface area contributed by atoms with Crippen molar-refractivity contribution in [2.24, 2.45) is 0 Å². The minimum absolute atomic E-state index is 0.0828. The second-order valence-electron chi connectivity index (χ2n) is 13.5. The summed E-state index contributed by atoms with van der Waals surface area (Å²) in [5.74, 6) is 0. The molecule has 3 aliphatic rings. The van der Waals surface area contributed by atoms with Gasteiger partial charge in [-0.25, -0.2) is 0 Å². The van der Waals surface area contributed by atoms with Crippen molar-refractivity contribution < 1.29 is 4.74 Å². The van der Waals surface area contributed by atoms with Gasteiger partial charge < -0.3 is 14.2 Å². The third kappa shape index (κ3) is 5.12. The van der Waals surface area contributed by atoms with Crippen LogP contribution in [0.3, 0.4) is 0 Å². The Bertz CT molecular complexity index is 2200. The Balaban J connectivity index is 1.23. The van der Waals surface area contributed by atoms with Crippen molar-refractivity contribution in [2.75, 3.05) is 18.1 Å². The van der Waals surface area contributed by atoms with E-state index in [1.54, 1.807) is 0 Å². The van der Waals surface area contributed by atoms with E-state index in [4.69, 9.17) is 39.5 Å². The van der Waals surface area contributed by atoms with Crippen LogP contribution < -0.4 is 10.2 Å². The molecule has 1 saturated heterocycles. The number of allylic oxidation sites excluding steroid dienone is 5. The number of nitrogens with zero attached hydrogens (tertiary/aromatic N) is 2. The highest BCUT2D eigenvalue weighted by Gasteiger charge is 2.55. The lowest BCUT2D eigenvalue weighted by Crippen LogP contribution is -2.47. The summed E-state index contributed by atoms with van der Waals surface area (Å²) in [7, 11) is 0. The summed E-state index contributed by atoms with van der Waals surface area (Å²) in [5.41, 5.74) is 5.75. The smallest absolute Gasteiger partial charge is 0.113 e. The zero-order valence-electron chi connectivity index (χ0n) is 27.7. The molecule has 5 aromatic rings. The lowest BCUT2D eigenvalue weighted by Gasteiger charge is -2.39. The fourth-order valence-corrected chi connectivity index (χ4v) is 8.99. The van der Waals surface area contributed by atoms with Crippen molar-refractivity contribution in [1.29, 1.82) is 0 Å². The first-order valence-electron chi connectivity index (χ1n) is 17.6. The zero-order chi connectivity index (χ0) is 33.0. The number of ether oxygens (including phenoxy) is 1. The van der Waals surface area contributed by atoms with E-state index in [1.165, 1.54) is 49.4 Å². The molecule has 0 bridgehead atoms. The molecule has 2 atom stereocenters. The van der Waals surface area contributed by atoms with E-state index in [0.717, 1.165) is 90.5 Å². The predicted molar refractivity (Wildman–Crippen MR) is 206 cm³/mol. The van der Waals surface area contributed by atoms with Gasteiger partial charge in [0, 0.05) is 71.7 Å². The molecule has 1 aromatic heterocycles. The number of benzene rings is 4. The number of halogens is 3. The standard InChI is InChI=1S/C42H41Cl3N2O/c1-3-5-24-46-35(31-14-8-12-29-33(43)17-20-36(46)39(29)31)19-16-27-10-7-11-28(41(27)45)22-23-42(38-26-48-38)32-15-9-13-30-34(44)18-21-37(40(30)32)47(42)25-6-4-2/h8-9,12-23,38H,3-7,10-11,24-26H2,1-2H3/b23-22+,27-16+,35-19-. The minimum Gasteiger partial charge on any atom is -0.370 e. The molecule has 2 aliphatic heterocycles. The summed E-state index contributed by atoms with van der Waals surface area (Å²) < 4.78 is 8.63. The summed E-state index contributed by atoms with van der Waals surface area (Å²) in [6, 6.07) is 21.5. The number of rotatable bonds is 10. The number of anilines is 1. The lowest BCUT2D eigenvalue weighted by atomic mass is 9.84. The van der Waals surface area contributed by atoms with Gasteiger partial charge in [0.15, 0.2) is 0 Å². The summed E-state index contributed by atoms with van der Waals surface area (Å²) in [6.45, 7) is 7.16. The third-order valence-electron chi connectivity index (χ3n) is 10.7. The Morgan fingerprint density at radius 1 is 0.812 bits per heavy atom. The van der Waals surface area contributed by atoms with Crippen molar-refractivity contribution in [3.8, 4) is 0 Å². The van der Waals surface area contributed by atoms with Crippen LogP contribution in [-0.4, -0.2) is 23.8 Å². The van der Waals surface area contributed by atoms with E-state index in [1.807, 2.05) is 12.1 Å². The van der Waals surface area contributed by atoms with Crippen LogP contribution in [0.2, 0.25) is 10.0 Å². The van der Waals surface area contributed by atoms with Crippen molar-refractivity contribution >= 4 is 79.0 Å². The van der Waals surface area contributed by atoms with Gasteiger partial charge in [0.05, 0.1) is 6.61 Å². The quantitative estimate of drug-likeness (QED) is 0.136. The molecule has 48 heavy (non-hydrogen) atoms. The topological polar surface area (TPSA) is 20.7 Å². The molecule has 0 saturated carbocycles. The number of unbranched alkanes of at least 4 members (excludes halogenated alkanes) is 2. The fraction of sp³-hybridized carbons (Fsp3) is 0.333. The highest BCUT2D eigenvalue weighted by Crippen LogP contribution is 2.55. The van der Waals surface area contributed by atoms with Crippen LogP contribution in [0.25, 0.3) is 38.5 Å². The van der Waals surface area contributed by atoms with Gasteiger partial charge in [-0.15, -0.1) is 0 Å². The van der Waals surface area contributed by atoms with Gasteiger partial charge in [0.25, 0.3) is 0 Å². The minimum atomic E-state index is -0.398. The molecule has 0 amide bonds. The number of hydrogen-bond acceptors (Lipinski definition) is 2. The molecule has 3 nitrogen and oxygen atoms in total. The Morgan fingerprint density at radius 3 is 2.29 bits per heavy atom. The van der Waals surface area contributed by atoms with Crippen LogP contribution in [0.15, 0.2) is 95.1 Å². The SMILES string of the molecule is CCCCN1c2ccc(Cl)c3cccc(c23)C1(/C=C/C1=C(Cl)C(=C/C=c2/c3cccc4c(Cl)ccc(c43)n2CCCC)/CCC1)C1CO1. The van der Waals surface area contributed by atoms with Gasteiger partial charge in [-0.05, 0) is 79.2 Å². The van der Waals surface area contributed by atoms with Gasteiger partial charge in [0.1, 0.15) is 11.6 Å². The maximum absolute atomic E-state index is 7.32. The first kappa shape index (κ1) is 32.0. The molecular weight excluding hydrogens is 655 g/mol. The Labute approximate surface area is 298 Å². The van der Waals surface area contributed by atoms with Crippen LogP contribution in [0.4, 0.5) is 5.69 Å². The number of hydrogen-bond donors (Lipinski definition) is 0. The monoisotopic (exact) mass is 694 g/mol. The van der Waals surface area contributed by atoms with Crippen molar-refractivity contribution in [1.82, 2.24) is 4.57 Å². The van der Waals surface area contributed by atoms with Crippen molar-refractivity contribution in [2.45, 2.75) is 77.0 Å². The summed E-state index contributed by atoms with van der Waals surface area (Å²) in [6.07, 6.45) is 16.8. The van der Waals surface area contributed by atoms with E-state index in [2.05, 4.69) is 96.1 Å². The van der Waals surface area contributed by atoms with Gasteiger partial charge in [0.2, 0.25) is 0 Å². The molecule has 1 fully saturated rings. The van der Waals surface area contributed by atoms with E-state index >= 15 is 0 Å². The van der Waals surface area contributed by atoms with E-state index in [-0.39, 0.29) is 6.10 Å². The molecule has 2 unspecified atom stereocenters. The number of aromatic nitrogens is 1. The van der Waals surface area contributed by atoms with Crippen LogP contribution >= 0.6 is 34.8 Å². The average Bonchev–Trinajstić information content (AvgIpc) is 3.86. The Kier molecular flexibility index (Phi) is 8.62. The largest absolute Gasteiger partial charge is 0.370 e. The van der Waals surface area contributed by atoms with Crippen LogP contribution in [0.5, 0.6) is 0 Å². The third-order valence-corrected chi connectivity index (χ3v) is 11.8. The summed E-state index contributed by atoms with van der Waals surface area (Å²) in [5, 5.41) is 9.64. The highest BCUT2D eigenvalue weighted by molar-refractivity contribution is 6.37. The van der Waals surface area contributed by atoms with E-state index in [9.17, 15) is 0 Å². The number of epoxide rings is 1. The maximum Gasteiger partial charge on any atom is 0.113 e. The predicted octanol–water partition coefficient (Wildman–Crippen LogP) is 11.6. The molecule has 246 valence electrons. The molecule has 1 aliphatic carbocycles. The van der Waals surface area contributed by atoms with Crippen molar-refractivity contribution in [3.63, 3.8) is 0 Å². The maximum atomic E-state index is 7.32. The second kappa shape index (κ2) is 12.9. The lowest BCUT2D eigenvalue weighted by molar-refractivity contribution is 0.320. The number of aryl methyl sites for hydroxylation is 1. The first-order valence-corrected chi connectivity index (χ1v) is 18.7. The molecule has 4 aromatic carbocycles. The van der Waals surface area contributed by atoms with Gasteiger partial charge in [-0.3, -0.25) is 0 Å². The normalized spacial score (nSPS) is 22.2. The Hall–Kier alpha value is -3.21. The van der Waals surface area contributed by atoms with Crippen molar-refractivity contribution in [3.05, 3.63) is 116 Å². The highest BCUT2D eigenvalue weighted by atomic mass is 35.5. The molecule has 8 rings (SSSR count).